The lowest BCUT2D eigenvalue weighted by Crippen LogP contribution is -2.47. The maximum Gasteiger partial charge on any atom is 0.264 e. The Morgan fingerprint density at radius 2 is 1.63 bits per heavy atom. The number of rotatable bonds is 9. The van der Waals surface area contributed by atoms with Gasteiger partial charge in [0.15, 0.2) is 0 Å². The predicted molar refractivity (Wildman–Crippen MR) is 152 cm³/mol. The maximum absolute atomic E-state index is 13.8. The summed E-state index contributed by atoms with van der Waals surface area (Å²) in [6, 6.07) is 21.6. The zero-order valence-corrected chi connectivity index (χ0v) is 23.7. The lowest BCUT2D eigenvalue weighted by atomic mass is 9.83. The van der Waals surface area contributed by atoms with E-state index < -0.39 is 10.0 Å². The first-order chi connectivity index (χ1) is 18.1. The zero-order valence-electron chi connectivity index (χ0n) is 22.9. The van der Waals surface area contributed by atoms with Crippen LogP contribution in [0.15, 0.2) is 77.7 Å². The molecule has 1 N–H and O–H groups in total. The largest absolute Gasteiger partial charge is 0.487 e. The van der Waals surface area contributed by atoms with Crippen LogP contribution in [-0.4, -0.2) is 26.5 Å². The maximum atomic E-state index is 13.8. The lowest BCUT2D eigenvalue weighted by Gasteiger charge is -2.41. The molecular weight excluding hydrogens is 496 g/mol. The van der Waals surface area contributed by atoms with Gasteiger partial charge in [0.25, 0.3) is 10.0 Å². The first kappa shape index (κ1) is 27.7. The summed E-state index contributed by atoms with van der Waals surface area (Å²) in [7, 11) is -3.98. The Labute approximate surface area is 227 Å². The van der Waals surface area contributed by atoms with E-state index in [1.54, 1.807) is 36.4 Å². The van der Waals surface area contributed by atoms with Gasteiger partial charge in [-0.25, -0.2) is 8.42 Å². The molecule has 0 unspecified atom stereocenters. The van der Waals surface area contributed by atoms with Gasteiger partial charge < -0.3 is 10.1 Å². The van der Waals surface area contributed by atoms with Crippen molar-refractivity contribution in [1.29, 1.82) is 0 Å². The Morgan fingerprint density at radius 3 is 2.24 bits per heavy atom. The van der Waals surface area contributed by atoms with Gasteiger partial charge in [-0.3, -0.25) is 9.10 Å². The van der Waals surface area contributed by atoms with Gasteiger partial charge in [0, 0.05) is 12.0 Å². The number of hydrogen-bond acceptors (Lipinski definition) is 4. The number of nitrogens with one attached hydrogen (secondary N) is 1. The van der Waals surface area contributed by atoms with Crippen LogP contribution in [0.1, 0.15) is 75.6 Å². The molecule has 0 fully saturated rings. The molecule has 1 aliphatic rings. The molecule has 38 heavy (non-hydrogen) atoms. The molecule has 0 saturated carbocycles. The van der Waals surface area contributed by atoms with Gasteiger partial charge in [-0.15, -0.1) is 0 Å². The Hall–Kier alpha value is -3.32. The van der Waals surface area contributed by atoms with Gasteiger partial charge in [-0.2, -0.15) is 0 Å². The van der Waals surface area contributed by atoms with Crippen molar-refractivity contribution in [2.75, 3.05) is 10.8 Å². The number of carbonyl (C=O) groups is 1. The highest BCUT2D eigenvalue weighted by molar-refractivity contribution is 7.92. The van der Waals surface area contributed by atoms with Gasteiger partial charge in [0.2, 0.25) is 5.91 Å². The number of para-hydroxylation sites is 1. The van der Waals surface area contributed by atoms with Crippen LogP contribution in [0.3, 0.4) is 0 Å². The topological polar surface area (TPSA) is 75.7 Å². The van der Waals surface area contributed by atoms with E-state index in [1.807, 2.05) is 43.3 Å². The highest BCUT2D eigenvalue weighted by Crippen LogP contribution is 2.42. The Kier molecular flexibility index (Phi) is 8.16. The molecule has 1 atom stereocenters. The monoisotopic (exact) mass is 534 g/mol. The van der Waals surface area contributed by atoms with Crippen LogP contribution in [0.25, 0.3) is 0 Å². The molecule has 0 saturated heterocycles. The van der Waals surface area contributed by atoms with Crippen LogP contribution < -0.4 is 14.4 Å². The second kappa shape index (κ2) is 11.2. The molecule has 1 heterocycles. The van der Waals surface area contributed by atoms with Crippen molar-refractivity contribution in [3.05, 3.63) is 89.5 Å². The molecule has 0 bridgehead atoms. The number of hydrogen-bond donors (Lipinski definition) is 1. The minimum Gasteiger partial charge on any atom is -0.487 e. The Morgan fingerprint density at radius 1 is 1.00 bits per heavy atom. The SMILES string of the molecule is CCC1(CC)C[C@@H](NC(=O)CN(c2ccc(C(C)C)cc2)S(=O)(=O)c2ccc(C)cc2)c2ccccc2O1. The minimum absolute atomic E-state index is 0.149. The average molecular weight is 535 g/mol. The molecule has 3 aromatic carbocycles. The summed E-state index contributed by atoms with van der Waals surface area (Å²) in [5, 5.41) is 3.14. The van der Waals surface area contributed by atoms with E-state index in [0.29, 0.717) is 18.0 Å². The van der Waals surface area contributed by atoms with Gasteiger partial charge in [-0.1, -0.05) is 75.7 Å². The summed E-state index contributed by atoms with van der Waals surface area (Å²) >= 11 is 0. The van der Waals surface area contributed by atoms with Crippen molar-refractivity contribution < 1.29 is 17.9 Å². The van der Waals surface area contributed by atoms with Gasteiger partial charge in [0.05, 0.1) is 16.6 Å². The lowest BCUT2D eigenvalue weighted by molar-refractivity contribution is -0.121. The van der Waals surface area contributed by atoms with Crippen molar-refractivity contribution >= 4 is 21.6 Å². The molecular formula is C31H38N2O4S. The molecule has 7 heteroatoms. The first-order valence-electron chi connectivity index (χ1n) is 13.3. The second-order valence-corrected chi connectivity index (χ2v) is 12.3. The smallest absolute Gasteiger partial charge is 0.264 e. The fourth-order valence-corrected chi connectivity index (χ4v) is 6.40. The summed E-state index contributed by atoms with van der Waals surface area (Å²) in [6.07, 6.45) is 2.23. The van der Waals surface area contributed by atoms with E-state index in [9.17, 15) is 13.2 Å². The van der Waals surface area contributed by atoms with Crippen LogP contribution >= 0.6 is 0 Å². The normalized spacial score (nSPS) is 16.4. The van der Waals surface area contributed by atoms with E-state index in [1.165, 1.54) is 4.31 Å². The third-order valence-corrected chi connectivity index (χ3v) is 9.35. The second-order valence-electron chi connectivity index (χ2n) is 10.4. The van der Waals surface area contributed by atoms with E-state index in [4.69, 9.17) is 4.74 Å². The fraction of sp³-hybridized carbons (Fsp3) is 0.387. The van der Waals surface area contributed by atoms with E-state index >= 15 is 0 Å². The van der Waals surface area contributed by atoms with E-state index in [2.05, 4.69) is 33.0 Å². The van der Waals surface area contributed by atoms with Crippen LogP contribution in [0.4, 0.5) is 5.69 Å². The third-order valence-electron chi connectivity index (χ3n) is 7.56. The standard InChI is InChI=1S/C31H38N2O4S/c1-6-31(7-2)20-28(27-10-8-9-11-29(27)37-31)32-30(34)21-33(25-16-14-24(15-17-25)22(3)4)38(35,36)26-18-12-23(5)13-19-26/h8-19,22,28H,6-7,20-21H2,1-5H3,(H,32,34)/t28-/m1/s1. The molecule has 0 spiro atoms. The molecule has 1 amide bonds. The summed E-state index contributed by atoms with van der Waals surface area (Å²) in [6.45, 7) is 9.93. The summed E-state index contributed by atoms with van der Waals surface area (Å²) in [4.78, 5) is 13.7. The minimum atomic E-state index is -3.98. The van der Waals surface area contributed by atoms with Gasteiger partial charge in [-0.05, 0) is 61.6 Å². The van der Waals surface area contributed by atoms with Crippen LogP contribution in [-0.2, 0) is 14.8 Å². The third kappa shape index (κ3) is 5.73. The van der Waals surface area contributed by atoms with Crippen LogP contribution in [0.2, 0.25) is 0 Å². The first-order valence-corrected chi connectivity index (χ1v) is 14.8. The number of fused-ring (bicyclic) bond motifs is 1. The van der Waals surface area contributed by atoms with Crippen LogP contribution in [0.5, 0.6) is 5.75 Å². The molecule has 1 aliphatic heterocycles. The number of carbonyl (C=O) groups excluding carboxylic acids is 1. The average Bonchev–Trinajstić information content (AvgIpc) is 2.91. The van der Waals surface area contributed by atoms with Gasteiger partial charge in [0.1, 0.15) is 17.9 Å². The Bertz CT molecular complexity index is 1360. The molecule has 6 nitrogen and oxygen atoms in total. The molecule has 0 radical (unpaired) electrons. The van der Waals surface area contributed by atoms with Crippen molar-refractivity contribution in [2.24, 2.45) is 0 Å². The van der Waals surface area contributed by atoms with Crippen molar-refractivity contribution in [3.8, 4) is 5.75 Å². The zero-order chi connectivity index (χ0) is 27.5. The molecule has 3 aromatic rings. The number of sulfonamides is 1. The molecule has 4 rings (SSSR count). The highest BCUT2D eigenvalue weighted by atomic mass is 32.2. The number of anilines is 1. The number of amides is 1. The Balaban J connectivity index is 1.66. The van der Waals surface area contributed by atoms with Crippen LogP contribution in [0, 0.1) is 6.92 Å². The fourth-order valence-electron chi connectivity index (χ4n) is 4.98. The van der Waals surface area contributed by atoms with Crippen molar-refractivity contribution in [1.82, 2.24) is 5.32 Å². The van der Waals surface area contributed by atoms with E-state index in [0.717, 1.165) is 35.3 Å². The van der Waals surface area contributed by atoms with E-state index in [-0.39, 0.29) is 29.0 Å². The predicted octanol–water partition coefficient (Wildman–Crippen LogP) is 6.51. The summed E-state index contributed by atoms with van der Waals surface area (Å²) in [5.41, 5.74) is 3.04. The number of aryl methyl sites for hydroxylation is 1. The molecule has 0 aromatic heterocycles. The van der Waals surface area contributed by atoms with Crippen molar-refractivity contribution in [2.45, 2.75) is 76.3 Å². The number of ether oxygens (including phenoxy) is 1. The summed E-state index contributed by atoms with van der Waals surface area (Å²) in [5.74, 6) is 0.707. The summed E-state index contributed by atoms with van der Waals surface area (Å²) < 4.78 is 35.2. The number of benzene rings is 3. The number of nitrogens with zero attached hydrogens (tertiary/aromatic N) is 1. The molecule has 0 aliphatic carbocycles. The van der Waals surface area contributed by atoms with Crippen molar-refractivity contribution in [3.63, 3.8) is 0 Å². The highest BCUT2D eigenvalue weighted by Gasteiger charge is 2.39. The van der Waals surface area contributed by atoms with Gasteiger partial charge >= 0.3 is 0 Å². The molecule has 202 valence electrons. The quantitative estimate of drug-likeness (QED) is 0.339.